The number of rotatable bonds is 4. The molecule has 0 spiro atoms. The van der Waals surface area contributed by atoms with Gasteiger partial charge >= 0.3 is 5.97 Å². The second-order valence-corrected chi connectivity index (χ2v) is 4.95. The molecule has 1 aromatic rings. The van der Waals surface area contributed by atoms with E-state index in [2.05, 4.69) is 4.90 Å². The van der Waals surface area contributed by atoms with Crippen LogP contribution in [0.1, 0.15) is 12.0 Å². The van der Waals surface area contributed by atoms with Gasteiger partial charge in [-0.15, -0.1) is 0 Å². The number of carbonyl (C=O) groups is 1. The predicted octanol–water partition coefficient (Wildman–Crippen LogP) is 2.26. The van der Waals surface area contributed by atoms with E-state index in [4.69, 9.17) is 21.4 Å². The molecule has 1 fully saturated rings. The van der Waals surface area contributed by atoms with Gasteiger partial charge in [0.15, 0.2) is 0 Å². The number of ether oxygens (including phenoxy) is 1. The summed E-state index contributed by atoms with van der Waals surface area (Å²) < 4.78 is 5.28. The zero-order chi connectivity index (χ0) is 13.1. The fraction of sp³-hybridized carbons (Fsp3) is 0.462. The van der Waals surface area contributed by atoms with E-state index >= 15 is 0 Å². The van der Waals surface area contributed by atoms with E-state index in [0.29, 0.717) is 24.5 Å². The lowest BCUT2D eigenvalue weighted by Gasteiger charge is -2.17. The molecule has 5 heteroatoms. The molecule has 1 aliphatic rings. The Balaban J connectivity index is 2.06. The van der Waals surface area contributed by atoms with Crippen LogP contribution in [-0.4, -0.2) is 36.2 Å². The number of carboxylic acids is 1. The van der Waals surface area contributed by atoms with Gasteiger partial charge in [0.1, 0.15) is 5.75 Å². The summed E-state index contributed by atoms with van der Waals surface area (Å²) in [4.78, 5) is 13.0. The Kier molecular flexibility index (Phi) is 4.09. The van der Waals surface area contributed by atoms with Crippen LogP contribution in [0.4, 0.5) is 0 Å². The van der Waals surface area contributed by atoms with Gasteiger partial charge in [-0.2, -0.15) is 0 Å². The summed E-state index contributed by atoms with van der Waals surface area (Å²) in [6.45, 7) is 2.06. The molecule has 0 bridgehead atoms. The molecule has 18 heavy (non-hydrogen) atoms. The third-order valence-corrected chi connectivity index (χ3v) is 3.49. The van der Waals surface area contributed by atoms with E-state index in [1.807, 2.05) is 12.1 Å². The molecule has 2 rings (SSSR count). The van der Waals surface area contributed by atoms with Crippen LogP contribution >= 0.6 is 11.6 Å². The highest BCUT2D eigenvalue weighted by Crippen LogP contribution is 2.26. The van der Waals surface area contributed by atoms with Crippen molar-refractivity contribution < 1.29 is 14.6 Å². The van der Waals surface area contributed by atoms with Crippen LogP contribution in [0, 0.1) is 5.92 Å². The van der Waals surface area contributed by atoms with Crippen molar-refractivity contribution >= 4 is 17.6 Å². The lowest BCUT2D eigenvalue weighted by Crippen LogP contribution is -2.23. The number of hydrogen-bond donors (Lipinski definition) is 1. The number of aliphatic carboxylic acids is 1. The summed E-state index contributed by atoms with van der Waals surface area (Å²) in [6.07, 6.45) is 0.707. The van der Waals surface area contributed by atoms with Gasteiger partial charge in [0, 0.05) is 23.7 Å². The predicted molar refractivity (Wildman–Crippen MR) is 69.0 cm³/mol. The van der Waals surface area contributed by atoms with Gasteiger partial charge in [-0.05, 0) is 31.2 Å². The summed E-state index contributed by atoms with van der Waals surface area (Å²) in [6, 6.07) is 5.49. The Morgan fingerprint density at radius 2 is 2.39 bits per heavy atom. The van der Waals surface area contributed by atoms with Crippen LogP contribution in [0.2, 0.25) is 5.02 Å². The molecule has 1 aliphatic heterocycles. The van der Waals surface area contributed by atoms with E-state index < -0.39 is 5.97 Å². The van der Waals surface area contributed by atoms with Crippen molar-refractivity contribution in [1.82, 2.24) is 4.90 Å². The molecule has 4 nitrogen and oxygen atoms in total. The minimum absolute atomic E-state index is 0.254. The van der Waals surface area contributed by atoms with E-state index in [9.17, 15) is 4.79 Å². The topological polar surface area (TPSA) is 49.8 Å². The molecule has 0 saturated carbocycles. The number of halogens is 1. The molecular formula is C13H16ClNO3. The van der Waals surface area contributed by atoms with E-state index in [0.717, 1.165) is 17.9 Å². The SMILES string of the molecule is COc1ccc(Cl)cc1CN1CC[C@@H](C(=O)O)C1. The number of methoxy groups -OCH3 is 1. The number of hydrogen-bond acceptors (Lipinski definition) is 3. The molecule has 1 atom stereocenters. The average molecular weight is 270 g/mol. The van der Waals surface area contributed by atoms with E-state index in [1.54, 1.807) is 13.2 Å². The maximum Gasteiger partial charge on any atom is 0.307 e. The van der Waals surface area contributed by atoms with Crippen LogP contribution in [-0.2, 0) is 11.3 Å². The lowest BCUT2D eigenvalue weighted by atomic mass is 10.1. The van der Waals surface area contributed by atoms with Gasteiger partial charge in [-0.1, -0.05) is 11.6 Å². The second-order valence-electron chi connectivity index (χ2n) is 4.52. The first-order valence-electron chi connectivity index (χ1n) is 5.87. The maximum atomic E-state index is 10.9. The van der Waals surface area contributed by atoms with Crippen molar-refractivity contribution in [3.63, 3.8) is 0 Å². The van der Waals surface area contributed by atoms with Crippen LogP contribution in [0.15, 0.2) is 18.2 Å². The van der Waals surface area contributed by atoms with Gasteiger partial charge in [0.25, 0.3) is 0 Å². The van der Waals surface area contributed by atoms with Gasteiger partial charge in [-0.3, -0.25) is 9.69 Å². The molecule has 98 valence electrons. The van der Waals surface area contributed by atoms with Crippen LogP contribution in [0.5, 0.6) is 5.75 Å². The fourth-order valence-electron chi connectivity index (χ4n) is 2.29. The largest absolute Gasteiger partial charge is 0.496 e. The lowest BCUT2D eigenvalue weighted by molar-refractivity contribution is -0.141. The first kappa shape index (κ1) is 13.2. The monoisotopic (exact) mass is 269 g/mol. The third-order valence-electron chi connectivity index (χ3n) is 3.26. The number of nitrogens with zero attached hydrogens (tertiary/aromatic N) is 1. The molecule has 1 N–H and O–H groups in total. The molecule has 1 heterocycles. The summed E-state index contributed by atoms with van der Waals surface area (Å²) in [7, 11) is 1.62. The molecule has 0 aromatic heterocycles. The first-order valence-corrected chi connectivity index (χ1v) is 6.25. The third kappa shape index (κ3) is 2.94. The molecular weight excluding hydrogens is 254 g/mol. The number of carboxylic acid groups (broad SMARTS) is 1. The highest BCUT2D eigenvalue weighted by atomic mass is 35.5. The molecule has 1 aromatic carbocycles. The Morgan fingerprint density at radius 3 is 3.00 bits per heavy atom. The van der Waals surface area contributed by atoms with E-state index in [-0.39, 0.29) is 5.92 Å². The van der Waals surface area contributed by atoms with E-state index in [1.165, 1.54) is 0 Å². The van der Waals surface area contributed by atoms with Gasteiger partial charge in [0.05, 0.1) is 13.0 Å². The standard InChI is InChI=1S/C13H16ClNO3/c1-18-12-3-2-11(14)6-10(12)8-15-5-4-9(7-15)13(16)17/h2-3,6,9H,4-5,7-8H2,1H3,(H,16,17)/t9-/m1/s1. The number of benzene rings is 1. The highest BCUT2D eigenvalue weighted by Gasteiger charge is 2.28. The second kappa shape index (κ2) is 5.59. The Hall–Kier alpha value is -1.26. The summed E-state index contributed by atoms with van der Waals surface area (Å²) in [5.74, 6) is -0.177. The molecule has 0 radical (unpaired) electrons. The Bertz CT molecular complexity index is 450. The van der Waals surface area contributed by atoms with Crippen molar-refractivity contribution in [3.8, 4) is 5.75 Å². The van der Waals surface area contributed by atoms with Crippen molar-refractivity contribution in [2.75, 3.05) is 20.2 Å². The minimum Gasteiger partial charge on any atom is -0.496 e. The van der Waals surface area contributed by atoms with Crippen molar-refractivity contribution in [3.05, 3.63) is 28.8 Å². The van der Waals surface area contributed by atoms with Crippen LogP contribution in [0.25, 0.3) is 0 Å². The molecule has 0 amide bonds. The normalized spacial score (nSPS) is 20.0. The zero-order valence-electron chi connectivity index (χ0n) is 10.2. The summed E-state index contributed by atoms with van der Waals surface area (Å²) >= 11 is 5.97. The fourth-order valence-corrected chi connectivity index (χ4v) is 2.48. The number of likely N-dealkylation sites (tertiary alicyclic amines) is 1. The Morgan fingerprint density at radius 1 is 1.61 bits per heavy atom. The highest BCUT2D eigenvalue weighted by molar-refractivity contribution is 6.30. The minimum atomic E-state index is -0.712. The van der Waals surface area contributed by atoms with Crippen LogP contribution < -0.4 is 4.74 Å². The summed E-state index contributed by atoms with van der Waals surface area (Å²) in [5, 5.41) is 9.64. The molecule has 0 unspecified atom stereocenters. The van der Waals surface area contributed by atoms with Crippen molar-refractivity contribution in [2.45, 2.75) is 13.0 Å². The smallest absolute Gasteiger partial charge is 0.307 e. The average Bonchev–Trinajstić information content (AvgIpc) is 2.78. The maximum absolute atomic E-state index is 10.9. The zero-order valence-corrected chi connectivity index (χ0v) is 11.0. The van der Waals surface area contributed by atoms with Crippen LogP contribution in [0.3, 0.4) is 0 Å². The Labute approximate surface area is 111 Å². The van der Waals surface area contributed by atoms with Crippen molar-refractivity contribution in [2.24, 2.45) is 5.92 Å². The van der Waals surface area contributed by atoms with Crippen molar-refractivity contribution in [1.29, 1.82) is 0 Å². The van der Waals surface area contributed by atoms with Gasteiger partial charge in [0.2, 0.25) is 0 Å². The summed E-state index contributed by atoms with van der Waals surface area (Å²) in [5.41, 5.74) is 0.996. The molecule has 0 aliphatic carbocycles. The van der Waals surface area contributed by atoms with Gasteiger partial charge < -0.3 is 9.84 Å². The molecule has 1 saturated heterocycles. The first-order chi connectivity index (χ1) is 8.60. The van der Waals surface area contributed by atoms with Gasteiger partial charge in [-0.25, -0.2) is 0 Å². The quantitative estimate of drug-likeness (QED) is 0.911.